The van der Waals surface area contributed by atoms with Crippen LogP contribution < -0.4 is 15.8 Å². The number of nitrogens with one attached hydrogen (secondary N) is 1. The predicted octanol–water partition coefficient (Wildman–Crippen LogP) is 5.54. The summed E-state index contributed by atoms with van der Waals surface area (Å²) in [6, 6.07) is 12.7. The van der Waals surface area contributed by atoms with Gasteiger partial charge in [-0.05, 0) is 81.8 Å². The number of carbonyl (C=O) groups is 1. The molecule has 1 aliphatic rings. The van der Waals surface area contributed by atoms with Crippen LogP contribution in [0.2, 0.25) is 0 Å². The molecule has 0 saturated heterocycles. The van der Waals surface area contributed by atoms with Crippen molar-refractivity contribution in [1.82, 2.24) is 9.38 Å². The lowest BCUT2D eigenvalue weighted by Crippen LogP contribution is -2.23. The molecule has 2 aromatic heterocycles. The van der Waals surface area contributed by atoms with Gasteiger partial charge >= 0.3 is 0 Å². The number of aryl methyl sites for hydroxylation is 2. The molecule has 180 valence electrons. The van der Waals surface area contributed by atoms with E-state index < -0.39 is 0 Å². The summed E-state index contributed by atoms with van der Waals surface area (Å²) in [5, 5.41) is 3.81. The maximum absolute atomic E-state index is 12.2. The Bertz CT molecular complexity index is 1170. The van der Waals surface area contributed by atoms with Crippen molar-refractivity contribution in [2.24, 2.45) is 5.73 Å². The Morgan fingerprint density at radius 1 is 1.12 bits per heavy atom. The quantitative estimate of drug-likeness (QED) is 0.410. The van der Waals surface area contributed by atoms with E-state index in [0.29, 0.717) is 23.9 Å². The van der Waals surface area contributed by atoms with Gasteiger partial charge in [-0.1, -0.05) is 31.4 Å². The molecule has 6 nitrogen and oxygen atoms in total. The lowest BCUT2D eigenvalue weighted by Gasteiger charge is -2.24. The Balaban J connectivity index is 1.65. The summed E-state index contributed by atoms with van der Waals surface area (Å²) in [6.45, 7) is 5.99. The van der Waals surface area contributed by atoms with Crippen LogP contribution in [0.4, 0.5) is 5.82 Å². The first-order chi connectivity index (χ1) is 16.5. The second kappa shape index (κ2) is 10.8. The zero-order chi connectivity index (χ0) is 24.1. The highest BCUT2D eigenvalue weighted by atomic mass is 16.5. The van der Waals surface area contributed by atoms with Crippen molar-refractivity contribution in [2.75, 3.05) is 11.9 Å². The first-order valence-electron chi connectivity index (χ1n) is 12.4. The van der Waals surface area contributed by atoms with Crippen LogP contribution in [0.5, 0.6) is 5.75 Å². The van der Waals surface area contributed by atoms with E-state index in [1.54, 1.807) is 13.8 Å². The molecule has 1 aliphatic carbocycles. The van der Waals surface area contributed by atoms with Crippen molar-refractivity contribution in [1.29, 1.82) is 0 Å². The normalized spacial score (nSPS) is 15.3. The van der Waals surface area contributed by atoms with Crippen LogP contribution in [0.1, 0.15) is 69.7 Å². The summed E-state index contributed by atoms with van der Waals surface area (Å²) in [4.78, 5) is 17.2. The number of pyridine rings is 1. The van der Waals surface area contributed by atoms with E-state index in [-0.39, 0.29) is 5.78 Å². The predicted molar refractivity (Wildman–Crippen MR) is 138 cm³/mol. The number of hydrogen-bond acceptors (Lipinski definition) is 5. The molecule has 0 amide bonds. The average molecular weight is 461 g/mol. The Morgan fingerprint density at radius 3 is 2.50 bits per heavy atom. The molecule has 0 radical (unpaired) electrons. The van der Waals surface area contributed by atoms with Crippen LogP contribution in [0.15, 0.2) is 48.3 Å². The fourth-order valence-corrected chi connectivity index (χ4v) is 4.91. The number of benzene rings is 1. The summed E-state index contributed by atoms with van der Waals surface area (Å²) in [5.74, 6) is 1.93. The molecule has 2 heterocycles. The molecule has 6 heteroatoms. The Hall–Kier alpha value is -3.28. The summed E-state index contributed by atoms with van der Waals surface area (Å²) in [5.41, 5.74) is 11.1. The molecule has 1 saturated carbocycles. The van der Waals surface area contributed by atoms with Crippen molar-refractivity contribution in [2.45, 2.75) is 71.8 Å². The summed E-state index contributed by atoms with van der Waals surface area (Å²) >= 11 is 0. The minimum absolute atomic E-state index is 0.0350. The van der Waals surface area contributed by atoms with Crippen molar-refractivity contribution < 1.29 is 9.53 Å². The first kappa shape index (κ1) is 23.9. The highest BCUT2D eigenvalue weighted by molar-refractivity contribution is 6.20. The minimum atomic E-state index is -0.0350. The van der Waals surface area contributed by atoms with Gasteiger partial charge in [-0.3, -0.25) is 9.20 Å². The van der Waals surface area contributed by atoms with E-state index >= 15 is 0 Å². The van der Waals surface area contributed by atoms with Crippen molar-refractivity contribution in [3.05, 3.63) is 65.1 Å². The van der Waals surface area contributed by atoms with Crippen molar-refractivity contribution in [3.63, 3.8) is 0 Å². The number of imidazole rings is 1. The van der Waals surface area contributed by atoms with Gasteiger partial charge in [-0.25, -0.2) is 4.98 Å². The third-order valence-corrected chi connectivity index (χ3v) is 6.56. The molecule has 0 atom stereocenters. The van der Waals surface area contributed by atoms with Gasteiger partial charge in [0.15, 0.2) is 5.78 Å². The number of ether oxygens (including phenoxy) is 1. The lowest BCUT2D eigenvalue weighted by atomic mass is 9.95. The molecular formula is C28H36N4O2. The fraction of sp³-hybridized carbons (Fsp3) is 0.429. The summed E-state index contributed by atoms with van der Waals surface area (Å²) in [7, 11) is 0. The molecule has 0 bridgehead atoms. The number of allylic oxidation sites excluding steroid dienone is 2. The van der Waals surface area contributed by atoms with Crippen LogP contribution in [0.3, 0.4) is 0 Å². The maximum atomic E-state index is 12.2. The smallest absolute Gasteiger partial charge is 0.162 e. The van der Waals surface area contributed by atoms with E-state index in [9.17, 15) is 4.79 Å². The van der Waals surface area contributed by atoms with Gasteiger partial charge in [-0.2, -0.15) is 0 Å². The van der Waals surface area contributed by atoms with Crippen LogP contribution in [-0.4, -0.2) is 27.8 Å². The summed E-state index contributed by atoms with van der Waals surface area (Å²) < 4.78 is 7.69. The number of fused-ring (bicyclic) bond motifs is 1. The van der Waals surface area contributed by atoms with E-state index in [2.05, 4.69) is 21.9 Å². The van der Waals surface area contributed by atoms with Gasteiger partial charge in [0, 0.05) is 23.5 Å². The van der Waals surface area contributed by atoms with Crippen molar-refractivity contribution >= 4 is 22.8 Å². The topological polar surface area (TPSA) is 81.6 Å². The Kier molecular flexibility index (Phi) is 7.56. The highest BCUT2D eigenvalue weighted by Crippen LogP contribution is 2.28. The Morgan fingerprint density at radius 2 is 1.85 bits per heavy atom. The third kappa shape index (κ3) is 5.44. The Labute approximate surface area is 202 Å². The van der Waals surface area contributed by atoms with Gasteiger partial charge in [-0.15, -0.1) is 0 Å². The molecule has 0 unspecified atom stereocenters. The molecule has 34 heavy (non-hydrogen) atoms. The second-order valence-corrected chi connectivity index (χ2v) is 9.22. The number of ketones is 1. The maximum Gasteiger partial charge on any atom is 0.162 e. The zero-order valence-electron chi connectivity index (χ0n) is 20.6. The van der Waals surface area contributed by atoms with E-state index in [1.165, 1.54) is 37.7 Å². The number of Topliss-reactive ketones (excluding diaryl/α,β-unsaturated/α-hetero) is 1. The number of nitrogens with zero attached hydrogens (tertiary/aromatic N) is 2. The van der Waals surface area contributed by atoms with Gasteiger partial charge < -0.3 is 15.8 Å². The van der Waals surface area contributed by atoms with Gasteiger partial charge in [0.2, 0.25) is 0 Å². The van der Waals surface area contributed by atoms with Crippen LogP contribution >= 0.6 is 0 Å². The average Bonchev–Trinajstić information content (AvgIpc) is 3.15. The highest BCUT2D eigenvalue weighted by Gasteiger charge is 2.20. The zero-order valence-corrected chi connectivity index (χ0v) is 20.6. The van der Waals surface area contributed by atoms with Crippen LogP contribution in [-0.2, 0) is 17.6 Å². The van der Waals surface area contributed by atoms with Crippen LogP contribution in [0.25, 0.3) is 11.2 Å². The number of hydrogen-bond donors (Lipinski definition) is 2. The molecule has 1 aromatic carbocycles. The van der Waals surface area contributed by atoms with Crippen molar-refractivity contribution in [3.8, 4) is 5.75 Å². The van der Waals surface area contributed by atoms with Gasteiger partial charge in [0.1, 0.15) is 17.2 Å². The van der Waals surface area contributed by atoms with E-state index in [1.807, 2.05) is 37.4 Å². The van der Waals surface area contributed by atoms with E-state index in [0.717, 1.165) is 41.3 Å². The molecule has 0 aliphatic heterocycles. The minimum Gasteiger partial charge on any atom is -0.494 e. The van der Waals surface area contributed by atoms with Crippen LogP contribution in [0, 0.1) is 0 Å². The number of nitrogens with two attached hydrogens (primary N) is 1. The molecular weight excluding hydrogens is 424 g/mol. The van der Waals surface area contributed by atoms with Gasteiger partial charge in [0.05, 0.1) is 12.3 Å². The largest absolute Gasteiger partial charge is 0.494 e. The molecule has 3 N–H and O–H groups in total. The van der Waals surface area contributed by atoms with Gasteiger partial charge in [0.25, 0.3) is 0 Å². The third-order valence-electron chi connectivity index (χ3n) is 6.56. The lowest BCUT2D eigenvalue weighted by molar-refractivity contribution is -0.111. The second-order valence-electron chi connectivity index (χ2n) is 9.22. The molecule has 4 rings (SSSR count). The molecule has 0 spiro atoms. The summed E-state index contributed by atoms with van der Waals surface area (Å²) in [6.07, 6.45) is 9.95. The number of rotatable bonds is 9. The number of carbonyl (C=O) groups excluding carboxylic acids is 1. The molecule has 1 fully saturated rings. The number of aromatic nitrogens is 2. The number of anilines is 1. The monoisotopic (exact) mass is 460 g/mol. The SMILES string of the molecule is CCOc1ccc(CCc2nc3cc(C(C(C)=O)=C(C)N)ccn3c2NC2CCCCC2)cc1. The first-order valence-corrected chi connectivity index (χ1v) is 12.4. The molecule has 3 aromatic rings. The fourth-order valence-electron chi connectivity index (χ4n) is 4.91. The van der Waals surface area contributed by atoms with E-state index in [4.69, 9.17) is 15.5 Å². The standard InChI is InChI=1S/C28H36N4O2/c1-4-34-24-13-10-21(11-14-24)12-15-25-28(30-23-8-6-5-7-9-23)32-17-16-22(18-26(32)31-25)27(19(2)29)20(3)33/h10-11,13-14,16-18,23,30H,4-9,12,15,29H2,1-3H3.